The van der Waals surface area contributed by atoms with E-state index in [-0.39, 0.29) is 11.6 Å². The fraction of sp³-hybridized carbons (Fsp3) is 0.133. The predicted molar refractivity (Wildman–Crippen MR) is 144 cm³/mol. The second-order valence-electron chi connectivity index (χ2n) is 9.18. The van der Waals surface area contributed by atoms with Crippen LogP contribution in [-0.4, -0.2) is 16.7 Å². The van der Waals surface area contributed by atoms with Crippen molar-refractivity contribution in [1.82, 2.24) is 9.55 Å². The van der Waals surface area contributed by atoms with E-state index in [1.165, 1.54) is 28.0 Å². The molecule has 0 saturated heterocycles. The third-order valence-corrected chi connectivity index (χ3v) is 8.17. The lowest BCUT2D eigenvalue weighted by atomic mass is 9.83. The Balaban J connectivity index is 1.50. The number of methoxy groups -OCH3 is 1. The maximum Gasteiger partial charge on any atom is 0.271 e. The van der Waals surface area contributed by atoms with E-state index >= 15 is 0 Å². The zero-order valence-electron chi connectivity index (χ0n) is 19.7. The number of nitrogens with one attached hydrogen (secondary N) is 1. The molecule has 176 valence electrons. The summed E-state index contributed by atoms with van der Waals surface area (Å²) in [6, 6.07) is 24.5. The van der Waals surface area contributed by atoms with E-state index in [2.05, 4.69) is 41.4 Å². The van der Waals surface area contributed by atoms with Crippen LogP contribution in [0.1, 0.15) is 34.7 Å². The van der Waals surface area contributed by atoms with Crippen LogP contribution >= 0.6 is 11.3 Å². The fourth-order valence-corrected chi connectivity index (χ4v) is 6.48. The van der Waals surface area contributed by atoms with Gasteiger partial charge in [-0.1, -0.05) is 65.9 Å². The molecule has 0 fully saturated rings. The summed E-state index contributed by atoms with van der Waals surface area (Å²) in [5.74, 6) is 0.781. The van der Waals surface area contributed by atoms with E-state index in [0.717, 1.165) is 51.1 Å². The average Bonchev–Trinajstić information content (AvgIpc) is 3.48. The number of ether oxygens (including phenoxy) is 1. The first-order valence-corrected chi connectivity index (χ1v) is 12.9. The molecule has 1 atom stereocenters. The van der Waals surface area contributed by atoms with Crippen molar-refractivity contribution in [2.24, 2.45) is 4.99 Å². The van der Waals surface area contributed by atoms with Gasteiger partial charge in [-0.05, 0) is 53.8 Å². The molecule has 2 aliphatic rings. The van der Waals surface area contributed by atoms with Crippen LogP contribution in [0.2, 0.25) is 0 Å². The number of para-hydroxylation sites is 1. The number of fused-ring (bicyclic) bond motifs is 4. The van der Waals surface area contributed by atoms with E-state index in [0.29, 0.717) is 4.53 Å². The monoisotopic (exact) mass is 489 g/mol. The molecule has 3 aromatic carbocycles. The summed E-state index contributed by atoms with van der Waals surface area (Å²) in [5, 5.41) is 1.10. The van der Waals surface area contributed by atoms with Crippen LogP contribution < -0.4 is 19.6 Å². The average molecular weight is 490 g/mol. The highest BCUT2D eigenvalue weighted by Gasteiger charge is 2.32. The molecule has 2 aromatic heterocycles. The quantitative estimate of drug-likeness (QED) is 0.396. The summed E-state index contributed by atoms with van der Waals surface area (Å²) in [4.78, 5) is 23.1. The molecule has 5 nitrogen and oxygen atoms in total. The summed E-state index contributed by atoms with van der Waals surface area (Å²) in [7, 11) is 1.67. The number of nitrogens with zero attached hydrogens (tertiary/aromatic N) is 2. The number of benzene rings is 3. The highest BCUT2D eigenvalue weighted by molar-refractivity contribution is 7.07. The van der Waals surface area contributed by atoms with Crippen molar-refractivity contribution in [2.75, 3.05) is 7.11 Å². The lowest BCUT2D eigenvalue weighted by molar-refractivity contribution is 0.413. The maximum absolute atomic E-state index is 14.0. The minimum absolute atomic E-state index is 0.0118. The molecule has 0 spiro atoms. The molecular weight excluding hydrogens is 466 g/mol. The largest absolute Gasteiger partial charge is 0.497 e. The van der Waals surface area contributed by atoms with Crippen molar-refractivity contribution >= 4 is 34.0 Å². The number of thiazole rings is 1. The van der Waals surface area contributed by atoms with Gasteiger partial charge in [0, 0.05) is 28.2 Å². The minimum atomic E-state index is -0.218. The van der Waals surface area contributed by atoms with Gasteiger partial charge in [0.25, 0.3) is 5.56 Å². The number of hydrogen-bond donors (Lipinski definition) is 1. The standard InChI is InChI=1S/C30H23N3O2S/c1-35-21-9-6-8-19(15-21)28-24-14-13-18-7-2-3-11-23(18)27(24)32-30-33(28)29(34)26(36-30)16-20-17-31-25-12-5-4-10-22(20)25/h2-12,15-17,28,31H,13-14H2,1H3/b26-16+/t28-/m1/s1. The summed E-state index contributed by atoms with van der Waals surface area (Å²) in [5.41, 5.74) is 7.75. The van der Waals surface area contributed by atoms with Gasteiger partial charge in [0.1, 0.15) is 5.75 Å². The highest BCUT2D eigenvalue weighted by atomic mass is 32.1. The van der Waals surface area contributed by atoms with Crippen molar-refractivity contribution in [3.05, 3.63) is 127 Å². The molecule has 36 heavy (non-hydrogen) atoms. The first-order chi connectivity index (χ1) is 17.7. The molecule has 0 bridgehead atoms. The van der Waals surface area contributed by atoms with Gasteiger partial charge in [-0.25, -0.2) is 4.99 Å². The van der Waals surface area contributed by atoms with E-state index in [9.17, 15) is 4.79 Å². The highest BCUT2D eigenvalue weighted by Crippen LogP contribution is 2.41. The summed E-state index contributed by atoms with van der Waals surface area (Å²) < 4.78 is 8.10. The van der Waals surface area contributed by atoms with Crippen LogP contribution in [0.25, 0.3) is 22.7 Å². The Morgan fingerprint density at radius 1 is 1.06 bits per heavy atom. The van der Waals surface area contributed by atoms with Crippen molar-refractivity contribution in [1.29, 1.82) is 0 Å². The SMILES string of the molecule is COc1cccc([C@@H]2C3=C(N=c4s/c(=C/c5c[nH]c6ccccc56)c(=O)n42)c2ccccc2CC3)c1. The normalized spacial score (nSPS) is 16.9. The van der Waals surface area contributed by atoms with Crippen molar-refractivity contribution in [2.45, 2.75) is 18.9 Å². The van der Waals surface area contributed by atoms with Gasteiger partial charge in [-0.15, -0.1) is 0 Å². The molecule has 0 saturated carbocycles. The third kappa shape index (κ3) is 3.22. The zero-order chi connectivity index (χ0) is 24.2. The number of H-pyrrole nitrogens is 1. The summed E-state index contributed by atoms with van der Waals surface area (Å²) in [6.07, 6.45) is 5.75. The van der Waals surface area contributed by atoms with E-state index in [1.807, 2.05) is 53.2 Å². The molecule has 7 rings (SSSR count). The van der Waals surface area contributed by atoms with Gasteiger partial charge in [0.2, 0.25) is 0 Å². The summed E-state index contributed by atoms with van der Waals surface area (Å²) in [6.45, 7) is 0. The number of aryl methyl sites for hydroxylation is 1. The Kier molecular flexibility index (Phi) is 4.82. The number of aromatic nitrogens is 2. The number of hydrogen-bond acceptors (Lipinski definition) is 4. The van der Waals surface area contributed by atoms with E-state index in [4.69, 9.17) is 9.73 Å². The molecular formula is C30H23N3O2S. The molecule has 3 heterocycles. The van der Waals surface area contributed by atoms with Crippen LogP contribution in [0.4, 0.5) is 0 Å². The lowest BCUT2D eigenvalue weighted by Crippen LogP contribution is -2.38. The van der Waals surface area contributed by atoms with Crippen molar-refractivity contribution < 1.29 is 4.74 Å². The zero-order valence-corrected chi connectivity index (χ0v) is 20.5. The summed E-state index contributed by atoms with van der Waals surface area (Å²) >= 11 is 1.46. The Bertz CT molecular complexity index is 1870. The maximum atomic E-state index is 14.0. The Hall–Kier alpha value is -4.16. The molecule has 1 aliphatic heterocycles. The predicted octanol–water partition coefficient (Wildman–Crippen LogP) is 4.81. The number of rotatable bonds is 3. The van der Waals surface area contributed by atoms with Crippen LogP contribution in [0.15, 0.2) is 94.4 Å². The fourth-order valence-electron chi connectivity index (χ4n) is 5.49. The van der Waals surface area contributed by atoms with Crippen molar-refractivity contribution in [3.8, 4) is 5.75 Å². The third-order valence-electron chi connectivity index (χ3n) is 7.19. The van der Waals surface area contributed by atoms with Gasteiger partial charge >= 0.3 is 0 Å². The van der Waals surface area contributed by atoms with Crippen LogP contribution in [-0.2, 0) is 6.42 Å². The molecule has 0 radical (unpaired) electrons. The molecule has 0 unspecified atom stereocenters. The van der Waals surface area contributed by atoms with E-state index < -0.39 is 0 Å². The second kappa shape index (κ2) is 8.21. The van der Waals surface area contributed by atoms with Gasteiger partial charge in [-0.3, -0.25) is 9.36 Å². The van der Waals surface area contributed by atoms with Gasteiger partial charge in [0.15, 0.2) is 4.80 Å². The Morgan fingerprint density at radius 3 is 2.83 bits per heavy atom. The topological polar surface area (TPSA) is 59.4 Å². The first-order valence-electron chi connectivity index (χ1n) is 12.0. The molecule has 1 aliphatic carbocycles. The first kappa shape index (κ1) is 21.1. The smallest absolute Gasteiger partial charge is 0.271 e. The van der Waals surface area contributed by atoms with Crippen molar-refractivity contribution in [3.63, 3.8) is 0 Å². The van der Waals surface area contributed by atoms with Gasteiger partial charge in [-0.2, -0.15) is 0 Å². The molecule has 6 heteroatoms. The molecule has 5 aromatic rings. The van der Waals surface area contributed by atoms with Gasteiger partial charge in [0.05, 0.1) is 23.4 Å². The Labute approximate surface area is 211 Å². The molecule has 1 N–H and O–H groups in total. The number of allylic oxidation sites excluding steroid dienone is 1. The van der Waals surface area contributed by atoms with Gasteiger partial charge < -0.3 is 9.72 Å². The molecule has 0 amide bonds. The van der Waals surface area contributed by atoms with Crippen LogP contribution in [0.5, 0.6) is 5.75 Å². The Morgan fingerprint density at radius 2 is 1.92 bits per heavy atom. The van der Waals surface area contributed by atoms with E-state index in [1.54, 1.807) is 7.11 Å². The lowest BCUT2D eigenvalue weighted by Gasteiger charge is -2.31. The van der Waals surface area contributed by atoms with Crippen LogP contribution in [0.3, 0.4) is 0 Å². The van der Waals surface area contributed by atoms with Crippen LogP contribution in [0, 0.1) is 0 Å². The minimum Gasteiger partial charge on any atom is -0.497 e. The second-order valence-corrected chi connectivity index (χ2v) is 10.2. The number of aromatic amines is 1.